The average molecular weight is 490 g/mol. The van der Waals surface area contributed by atoms with Crippen LogP contribution in [0.3, 0.4) is 0 Å². The number of likely N-dealkylation sites (tertiary alicyclic amines) is 1. The Morgan fingerprint density at radius 3 is 2.46 bits per heavy atom. The Labute approximate surface area is 208 Å². The largest absolute Gasteiger partial charge is 0.507 e. The van der Waals surface area contributed by atoms with Crippen LogP contribution in [0, 0.1) is 0 Å². The molecule has 7 heteroatoms. The van der Waals surface area contributed by atoms with E-state index in [4.69, 9.17) is 21.1 Å². The number of ketones is 1. The number of rotatable bonds is 6. The number of nitrogens with zero attached hydrogens (tertiary/aromatic N) is 1. The van der Waals surface area contributed by atoms with E-state index in [1.807, 2.05) is 48.5 Å². The summed E-state index contributed by atoms with van der Waals surface area (Å²) >= 11 is 6.00. The van der Waals surface area contributed by atoms with E-state index in [1.54, 1.807) is 30.3 Å². The fraction of sp³-hybridized carbons (Fsp3) is 0.214. The first-order chi connectivity index (χ1) is 17.0. The first kappa shape index (κ1) is 23.1. The van der Waals surface area contributed by atoms with E-state index < -0.39 is 17.7 Å². The van der Waals surface area contributed by atoms with Crippen LogP contribution in [0.25, 0.3) is 5.76 Å². The molecule has 2 atom stereocenters. The predicted octanol–water partition coefficient (Wildman–Crippen LogP) is 5.73. The molecule has 2 heterocycles. The van der Waals surface area contributed by atoms with E-state index in [2.05, 4.69) is 0 Å². The quantitative estimate of drug-likeness (QED) is 0.272. The van der Waals surface area contributed by atoms with Gasteiger partial charge in [0.1, 0.15) is 17.3 Å². The maximum Gasteiger partial charge on any atom is 0.295 e. The molecule has 1 amide bonds. The Balaban J connectivity index is 1.58. The second-order valence-corrected chi connectivity index (χ2v) is 9.02. The summed E-state index contributed by atoms with van der Waals surface area (Å²) in [6.07, 6.45) is 1.56. The fourth-order valence-electron chi connectivity index (χ4n) is 4.56. The smallest absolute Gasteiger partial charge is 0.295 e. The van der Waals surface area contributed by atoms with Crippen LogP contribution in [0.2, 0.25) is 5.02 Å². The van der Waals surface area contributed by atoms with Gasteiger partial charge in [0.25, 0.3) is 11.7 Å². The molecule has 2 saturated heterocycles. The molecule has 3 aromatic rings. The lowest BCUT2D eigenvalue weighted by molar-refractivity contribution is -0.140. The van der Waals surface area contributed by atoms with Gasteiger partial charge in [-0.15, -0.1) is 0 Å². The molecule has 6 nitrogen and oxygen atoms in total. The minimum absolute atomic E-state index is 0.0344. The SMILES string of the molecule is O=C1C(=O)N(CC2CCCO2)C(c2cccc(Oc3ccccc3)c2)C1=C(O)c1ccc(Cl)cc1. The van der Waals surface area contributed by atoms with Crippen molar-refractivity contribution in [2.75, 3.05) is 13.2 Å². The van der Waals surface area contributed by atoms with Gasteiger partial charge in [-0.2, -0.15) is 0 Å². The van der Waals surface area contributed by atoms with E-state index in [9.17, 15) is 14.7 Å². The molecule has 2 aliphatic rings. The number of carbonyl (C=O) groups is 2. The van der Waals surface area contributed by atoms with Gasteiger partial charge in [-0.05, 0) is 66.9 Å². The highest BCUT2D eigenvalue weighted by Crippen LogP contribution is 2.41. The molecule has 0 aliphatic carbocycles. The zero-order chi connectivity index (χ0) is 24.4. The van der Waals surface area contributed by atoms with Gasteiger partial charge >= 0.3 is 0 Å². The number of ether oxygens (including phenoxy) is 2. The second kappa shape index (κ2) is 9.94. The lowest BCUT2D eigenvalue weighted by atomic mass is 9.95. The number of hydrogen-bond acceptors (Lipinski definition) is 5. The monoisotopic (exact) mass is 489 g/mol. The summed E-state index contributed by atoms with van der Waals surface area (Å²) in [6, 6.07) is 22.3. The van der Waals surface area contributed by atoms with Crippen molar-refractivity contribution in [3.63, 3.8) is 0 Å². The van der Waals surface area contributed by atoms with Crippen LogP contribution >= 0.6 is 11.6 Å². The molecular weight excluding hydrogens is 466 g/mol. The van der Waals surface area contributed by atoms with E-state index in [0.29, 0.717) is 34.3 Å². The van der Waals surface area contributed by atoms with Crippen LogP contribution in [0.5, 0.6) is 11.5 Å². The van der Waals surface area contributed by atoms with Gasteiger partial charge in [-0.25, -0.2) is 0 Å². The third kappa shape index (κ3) is 4.81. The number of benzene rings is 3. The molecule has 0 aromatic heterocycles. The van der Waals surface area contributed by atoms with Crippen LogP contribution in [0.1, 0.15) is 30.0 Å². The van der Waals surface area contributed by atoms with Gasteiger partial charge in [0.15, 0.2) is 0 Å². The number of halogens is 1. The van der Waals surface area contributed by atoms with Gasteiger partial charge in [0, 0.05) is 23.7 Å². The maximum absolute atomic E-state index is 13.2. The lowest BCUT2D eigenvalue weighted by Crippen LogP contribution is -2.36. The van der Waals surface area contributed by atoms with Crippen molar-refractivity contribution >= 4 is 29.1 Å². The van der Waals surface area contributed by atoms with Gasteiger partial charge in [0.2, 0.25) is 0 Å². The molecule has 0 bridgehead atoms. The van der Waals surface area contributed by atoms with E-state index in [0.717, 1.165) is 12.8 Å². The highest BCUT2D eigenvalue weighted by atomic mass is 35.5. The minimum Gasteiger partial charge on any atom is -0.507 e. The average Bonchev–Trinajstić information content (AvgIpc) is 3.47. The molecule has 1 N–H and O–H groups in total. The Bertz CT molecular complexity index is 1270. The van der Waals surface area contributed by atoms with Gasteiger partial charge < -0.3 is 19.5 Å². The summed E-state index contributed by atoms with van der Waals surface area (Å²) in [5.74, 6) is -0.401. The molecule has 35 heavy (non-hydrogen) atoms. The third-order valence-electron chi connectivity index (χ3n) is 6.23. The first-order valence-electron chi connectivity index (χ1n) is 11.5. The van der Waals surface area contributed by atoms with Crippen molar-refractivity contribution in [3.8, 4) is 11.5 Å². The zero-order valence-corrected chi connectivity index (χ0v) is 19.6. The minimum atomic E-state index is -0.783. The molecular formula is C28H24ClNO5. The van der Waals surface area contributed by atoms with Crippen molar-refractivity contribution in [2.24, 2.45) is 0 Å². The summed E-state index contributed by atoms with van der Waals surface area (Å²) in [4.78, 5) is 27.9. The molecule has 3 aromatic carbocycles. The number of carbonyl (C=O) groups excluding carboxylic acids is 2. The van der Waals surface area contributed by atoms with Crippen LogP contribution in [-0.2, 0) is 14.3 Å². The first-order valence-corrected chi connectivity index (χ1v) is 11.9. The standard InChI is InChI=1S/C28H24ClNO5/c29-20-13-11-18(12-14-20)26(31)24-25(30(28(33)27(24)32)17-23-10-5-15-34-23)19-6-4-9-22(16-19)35-21-7-2-1-3-8-21/h1-4,6-9,11-14,16,23,25,31H,5,10,15,17H2. The normalized spacial score (nSPS) is 21.5. The Kier molecular flexibility index (Phi) is 6.57. The Morgan fingerprint density at radius 2 is 1.74 bits per heavy atom. The third-order valence-corrected chi connectivity index (χ3v) is 6.49. The fourth-order valence-corrected chi connectivity index (χ4v) is 4.68. The number of amides is 1. The predicted molar refractivity (Wildman–Crippen MR) is 132 cm³/mol. The van der Waals surface area contributed by atoms with E-state index in [-0.39, 0.29) is 24.0 Å². The summed E-state index contributed by atoms with van der Waals surface area (Å²) < 4.78 is 11.7. The van der Waals surface area contributed by atoms with Crippen LogP contribution in [0.15, 0.2) is 84.4 Å². The zero-order valence-electron chi connectivity index (χ0n) is 18.9. The molecule has 2 fully saturated rings. The Morgan fingerprint density at radius 1 is 1.00 bits per heavy atom. The summed E-state index contributed by atoms with van der Waals surface area (Å²) in [5, 5.41) is 11.7. The van der Waals surface area contributed by atoms with Crippen molar-refractivity contribution in [1.82, 2.24) is 4.90 Å². The number of aliphatic hydroxyl groups is 1. The van der Waals surface area contributed by atoms with Crippen molar-refractivity contribution in [3.05, 3.63) is 101 Å². The maximum atomic E-state index is 13.2. The molecule has 178 valence electrons. The highest BCUT2D eigenvalue weighted by Gasteiger charge is 2.47. The molecule has 2 unspecified atom stereocenters. The van der Waals surface area contributed by atoms with E-state index in [1.165, 1.54) is 4.90 Å². The number of aliphatic hydroxyl groups excluding tert-OH is 1. The number of para-hydroxylation sites is 1. The summed E-state index contributed by atoms with van der Waals surface area (Å²) in [5.41, 5.74) is 1.10. The van der Waals surface area contributed by atoms with Gasteiger partial charge in [-0.3, -0.25) is 9.59 Å². The Hall–Kier alpha value is -3.61. The van der Waals surface area contributed by atoms with Gasteiger partial charge in [0.05, 0.1) is 17.7 Å². The second-order valence-electron chi connectivity index (χ2n) is 8.58. The van der Waals surface area contributed by atoms with Crippen LogP contribution in [0.4, 0.5) is 0 Å². The lowest BCUT2D eigenvalue weighted by Gasteiger charge is -2.27. The van der Waals surface area contributed by atoms with Crippen LogP contribution in [-0.4, -0.2) is 41.0 Å². The summed E-state index contributed by atoms with van der Waals surface area (Å²) in [6.45, 7) is 0.890. The highest BCUT2D eigenvalue weighted by molar-refractivity contribution is 6.46. The number of Topliss-reactive ketones (excluding diaryl/α,β-unsaturated/α-hetero) is 1. The van der Waals surface area contributed by atoms with E-state index >= 15 is 0 Å². The molecule has 0 radical (unpaired) electrons. The topological polar surface area (TPSA) is 76.1 Å². The molecule has 0 spiro atoms. The van der Waals surface area contributed by atoms with Crippen molar-refractivity contribution in [1.29, 1.82) is 0 Å². The molecule has 2 aliphatic heterocycles. The molecule has 0 saturated carbocycles. The summed E-state index contributed by atoms with van der Waals surface area (Å²) in [7, 11) is 0. The number of hydrogen-bond donors (Lipinski definition) is 1. The van der Waals surface area contributed by atoms with Crippen LogP contribution < -0.4 is 4.74 Å². The van der Waals surface area contributed by atoms with Crippen molar-refractivity contribution < 1.29 is 24.2 Å². The van der Waals surface area contributed by atoms with Gasteiger partial charge in [-0.1, -0.05) is 41.9 Å². The molecule has 5 rings (SSSR count). The van der Waals surface area contributed by atoms with Crippen molar-refractivity contribution in [2.45, 2.75) is 25.0 Å².